The number of hydrogen-bond acceptors (Lipinski definition) is 4. The Hall–Kier alpha value is -2.70. The van der Waals surface area contributed by atoms with E-state index in [9.17, 15) is 14.4 Å². The normalized spacial score (nSPS) is 10.4. The van der Waals surface area contributed by atoms with Gasteiger partial charge in [-0.2, -0.15) is 5.10 Å². The lowest BCUT2D eigenvalue weighted by atomic mass is 10.1. The first-order valence-corrected chi connectivity index (χ1v) is 6.09. The van der Waals surface area contributed by atoms with Gasteiger partial charge in [0.2, 0.25) is 5.91 Å². The molecule has 2 rings (SSSR count). The molecule has 2 amide bonds. The van der Waals surface area contributed by atoms with Crippen molar-refractivity contribution < 1.29 is 9.59 Å². The molecule has 0 aliphatic rings. The largest absolute Gasteiger partial charge is 0.368 e. The number of nitrogens with zero attached hydrogens (tertiary/aromatic N) is 2. The van der Waals surface area contributed by atoms with E-state index in [1.165, 1.54) is 4.90 Å². The van der Waals surface area contributed by atoms with Crippen LogP contribution in [0.3, 0.4) is 0 Å². The van der Waals surface area contributed by atoms with Gasteiger partial charge in [-0.25, -0.2) is 5.10 Å². The second-order valence-corrected chi connectivity index (χ2v) is 4.23. The second kappa shape index (κ2) is 5.52. The summed E-state index contributed by atoms with van der Waals surface area (Å²) >= 11 is 0. The predicted octanol–water partition coefficient (Wildman–Crippen LogP) is -0.129. The third-order valence-corrected chi connectivity index (χ3v) is 2.91. The van der Waals surface area contributed by atoms with Gasteiger partial charge in [-0.05, 0) is 13.0 Å². The molecule has 3 N–H and O–H groups in total. The lowest BCUT2D eigenvalue weighted by Crippen LogP contribution is -2.39. The average Bonchev–Trinajstić information content (AvgIpc) is 2.44. The van der Waals surface area contributed by atoms with Crippen molar-refractivity contribution in [2.75, 3.05) is 13.1 Å². The number of carbonyl (C=O) groups excluding carboxylic acids is 2. The van der Waals surface area contributed by atoms with Gasteiger partial charge in [0.1, 0.15) is 0 Å². The third kappa shape index (κ3) is 2.51. The zero-order valence-corrected chi connectivity index (χ0v) is 10.9. The highest BCUT2D eigenvalue weighted by molar-refractivity contribution is 6.05. The molecule has 0 aliphatic heterocycles. The van der Waals surface area contributed by atoms with Gasteiger partial charge >= 0.3 is 0 Å². The van der Waals surface area contributed by atoms with Gasteiger partial charge in [-0.3, -0.25) is 14.4 Å². The molecule has 104 valence electrons. The van der Waals surface area contributed by atoms with E-state index in [-0.39, 0.29) is 17.8 Å². The van der Waals surface area contributed by atoms with Crippen LogP contribution in [0.1, 0.15) is 17.4 Å². The molecule has 0 saturated carbocycles. The first-order valence-electron chi connectivity index (χ1n) is 6.09. The summed E-state index contributed by atoms with van der Waals surface area (Å²) in [6.07, 6.45) is 0. The van der Waals surface area contributed by atoms with Crippen molar-refractivity contribution in [3.05, 3.63) is 40.3 Å². The van der Waals surface area contributed by atoms with Crippen LogP contribution in [-0.4, -0.2) is 40.0 Å². The number of likely N-dealkylation sites (N-methyl/N-ethyl adjacent to an activating group) is 1. The Morgan fingerprint density at radius 3 is 2.55 bits per heavy atom. The molecule has 0 radical (unpaired) electrons. The van der Waals surface area contributed by atoms with E-state index in [1.54, 1.807) is 31.2 Å². The maximum Gasteiger partial charge on any atom is 0.275 e. The number of amides is 2. The number of nitrogens with two attached hydrogens (primary N) is 1. The Morgan fingerprint density at radius 2 is 1.95 bits per heavy atom. The van der Waals surface area contributed by atoms with Crippen molar-refractivity contribution in [1.82, 2.24) is 15.1 Å². The Balaban J connectivity index is 2.52. The lowest BCUT2D eigenvalue weighted by molar-refractivity contribution is -0.118. The quantitative estimate of drug-likeness (QED) is 0.809. The SMILES string of the molecule is CCN(CC(N)=O)C(=O)c1n[nH]c(=O)c2ccccc12. The number of rotatable bonds is 4. The summed E-state index contributed by atoms with van der Waals surface area (Å²) < 4.78 is 0. The molecule has 0 bridgehead atoms. The summed E-state index contributed by atoms with van der Waals surface area (Å²) in [6, 6.07) is 6.66. The lowest BCUT2D eigenvalue weighted by Gasteiger charge is -2.18. The van der Waals surface area contributed by atoms with Crippen molar-refractivity contribution in [2.24, 2.45) is 5.73 Å². The van der Waals surface area contributed by atoms with Crippen molar-refractivity contribution in [3.63, 3.8) is 0 Å². The minimum absolute atomic E-state index is 0.100. The maximum absolute atomic E-state index is 12.4. The van der Waals surface area contributed by atoms with Crippen LogP contribution < -0.4 is 11.3 Å². The standard InChI is InChI=1S/C13H14N4O3/c1-2-17(7-10(14)18)13(20)11-8-5-3-4-6-9(8)12(19)16-15-11/h3-6H,2,7H2,1H3,(H2,14,18)(H,16,19). The van der Waals surface area contributed by atoms with Crippen molar-refractivity contribution in [1.29, 1.82) is 0 Å². The van der Waals surface area contributed by atoms with Crippen LogP contribution in [0, 0.1) is 0 Å². The van der Waals surface area contributed by atoms with E-state index >= 15 is 0 Å². The number of aromatic amines is 1. The molecular formula is C13H14N4O3. The van der Waals surface area contributed by atoms with Crippen LogP contribution in [0.4, 0.5) is 0 Å². The van der Waals surface area contributed by atoms with Crippen LogP contribution in [0.5, 0.6) is 0 Å². The first kappa shape index (κ1) is 13.7. The minimum Gasteiger partial charge on any atom is -0.368 e. The highest BCUT2D eigenvalue weighted by atomic mass is 16.2. The molecule has 1 aromatic heterocycles. The zero-order valence-electron chi connectivity index (χ0n) is 10.9. The summed E-state index contributed by atoms with van der Waals surface area (Å²) in [5.74, 6) is -1.05. The summed E-state index contributed by atoms with van der Waals surface area (Å²) in [4.78, 5) is 36.3. The van der Waals surface area contributed by atoms with E-state index in [1.807, 2.05) is 0 Å². The Labute approximate surface area is 114 Å². The molecule has 20 heavy (non-hydrogen) atoms. The van der Waals surface area contributed by atoms with Gasteiger partial charge in [0.05, 0.1) is 11.9 Å². The summed E-state index contributed by atoms with van der Waals surface area (Å²) in [5, 5.41) is 6.91. The molecule has 0 atom stereocenters. The van der Waals surface area contributed by atoms with Gasteiger partial charge in [-0.15, -0.1) is 0 Å². The second-order valence-electron chi connectivity index (χ2n) is 4.23. The van der Waals surface area contributed by atoms with Crippen LogP contribution in [0.25, 0.3) is 10.8 Å². The van der Waals surface area contributed by atoms with Gasteiger partial charge in [0, 0.05) is 11.9 Å². The number of benzene rings is 1. The fraction of sp³-hybridized carbons (Fsp3) is 0.231. The van der Waals surface area contributed by atoms with Crippen LogP contribution in [-0.2, 0) is 4.79 Å². The Bertz CT molecular complexity index is 723. The third-order valence-electron chi connectivity index (χ3n) is 2.91. The molecule has 2 aromatic rings. The smallest absolute Gasteiger partial charge is 0.275 e. The number of aromatic nitrogens is 2. The first-order chi connectivity index (χ1) is 9.54. The number of carbonyl (C=O) groups is 2. The van der Waals surface area contributed by atoms with E-state index in [0.717, 1.165) is 0 Å². The molecule has 7 nitrogen and oxygen atoms in total. The summed E-state index contributed by atoms with van der Waals surface area (Å²) in [5.41, 5.74) is 4.85. The highest BCUT2D eigenvalue weighted by Crippen LogP contribution is 2.14. The fourth-order valence-electron chi connectivity index (χ4n) is 1.94. The van der Waals surface area contributed by atoms with Gasteiger partial charge in [0.25, 0.3) is 11.5 Å². The molecule has 0 saturated heterocycles. The zero-order chi connectivity index (χ0) is 14.7. The summed E-state index contributed by atoms with van der Waals surface area (Å²) in [6.45, 7) is 1.86. The van der Waals surface area contributed by atoms with E-state index < -0.39 is 11.8 Å². The minimum atomic E-state index is -0.603. The molecule has 7 heteroatoms. The van der Waals surface area contributed by atoms with Gasteiger partial charge in [-0.1, -0.05) is 18.2 Å². The Morgan fingerprint density at radius 1 is 1.30 bits per heavy atom. The number of nitrogens with one attached hydrogen (secondary N) is 1. The highest BCUT2D eigenvalue weighted by Gasteiger charge is 2.20. The van der Waals surface area contributed by atoms with Crippen molar-refractivity contribution in [3.8, 4) is 0 Å². The van der Waals surface area contributed by atoms with Crippen LogP contribution in [0.15, 0.2) is 29.1 Å². The maximum atomic E-state index is 12.4. The monoisotopic (exact) mass is 274 g/mol. The summed E-state index contributed by atoms with van der Waals surface area (Å²) in [7, 11) is 0. The van der Waals surface area contributed by atoms with Crippen LogP contribution in [0.2, 0.25) is 0 Å². The molecule has 0 unspecified atom stereocenters. The van der Waals surface area contributed by atoms with E-state index in [2.05, 4.69) is 10.2 Å². The topological polar surface area (TPSA) is 109 Å². The van der Waals surface area contributed by atoms with Crippen molar-refractivity contribution >= 4 is 22.6 Å². The molecular weight excluding hydrogens is 260 g/mol. The van der Waals surface area contributed by atoms with Gasteiger partial charge < -0.3 is 10.6 Å². The number of H-pyrrole nitrogens is 1. The van der Waals surface area contributed by atoms with Gasteiger partial charge in [0.15, 0.2) is 5.69 Å². The molecule has 1 heterocycles. The van der Waals surface area contributed by atoms with Crippen LogP contribution >= 0.6 is 0 Å². The molecule has 0 fully saturated rings. The van der Waals surface area contributed by atoms with E-state index in [4.69, 9.17) is 5.73 Å². The average molecular weight is 274 g/mol. The predicted molar refractivity (Wildman–Crippen MR) is 73.1 cm³/mol. The number of fused-ring (bicyclic) bond motifs is 1. The number of hydrogen-bond donors (Lipinski definition) is 2. The Kier molecular flexibility index (Phi) is 3.79. The number of primary amides is 1. The van der Waals surface area contributed by atoms with Crippen molar-refractivity contribution in [2.45, 2.75) is 6.92 Å². The fourth-order valence-corrected chi connectivity index (χ4v) is 1.94. The van der Waals surface area contributed by atoms with E-state index in [0.29, 0.717) is 17.3 Å². The molecule has 0 spiro atoms. The molecule has 1 aromatic carbocycles. The molecule has 0 aliphatic carbocycles.